The summed E-state index contributed by atoms with van der Waals surface area (Å²) in [5, 5.41) is 12.0. The van der Waals surface area contributed by atoms with Gasteiger partial charge in [0.05, 0.1) is 46.5 Å². The molecule has 10 nitrogen and oxygen atoms in total. The fraction of sp³-hybridized carbons (Fsp3) is 0.290. The first kappa shape index (κ1) is 29.1. The highest BCUT2D eigenvalue weighted by Crippen LogP contribution is 2.54. The third-order valence-corrected chi connectivity index (χ3v) is 6.91. The van der Waals surface area contributed by atoms with Crippen LogP contribution in [0.1, 0.15) is 41.8 Å². The number of phenols is 1. The summed E-state index contributed by atoms with van der Waals surface area (Å²) in [4.78, 5) is 50.6. The summed E-state index contributed by atoms with van der Waals surface area (Å²) < 4.78 is 28.1. The maximum atomic E-state index is 13.4. The van der Waals surface area contributed by atoms with Gasteiger partial charge in [0.1, 0.15) is 34.6 Å². The Morgan fingerprint density at radius 1 is 0.683 bits per heavy atom. The van der Waals surface area contributed by atoms with E-state index in [1.807, 2.05) is 0 Å². The van der Waals surface area contributed by atoms with Gasteiger partial charge >= 0.3 is 0 Å². The Balaban J connectivity index is 2.29. The highest BCUT2D eigenvalue weighted by molar-refractivity contribution is 6.53. The first-order valence-electron chi connectivity index (χ1n) is 12.6. The van der Waals surface area contributed by atoms with Crippen LogP contribution < -0.4 is 23.7 Å². The number of ether oxygens (including phenoxy) is 5. The van der Waals surface area contributed by atoms with E-state index in [9.17, 15) is 24.3 Å². The number of ketones is 4. The number of allylic oxidation sites excluding steroid dienone is 1. The summed E-state index contributed by atoms with van der Waals surface area (Å²) in [6.07, 6.45) is 1.19. The van der Waals surface area contributed by atoms with Gasteiger partial charge in [-0.05, 0) is 26.0 Å². The maximum Gasteiger partial charge on any atom is 0.237 e. The van der Waals surface area contributed by atoms with Crippen LogP contribution in [0, 0.1) is 0 Å². The largest absolute Gasteiger partial charge is 0.504 e. The average molecular weight is 563 g/mol. The Kier molecular flexibility index (Phi) is 8.05. The van der Waals surface area contributed by atoms with Gasteiger partial charge < -0.3 is 28.8 Å². The smallest absolute Gasteiger partial charge is 0.237 e. The Morgan fingerprint density at radius 2 is 1.22 bits per heavy atom. The molecule has 0 saturated carbocycles. The van der Waals surface area contributed by atoms with Crippen molar-refractivity contribution in [2.45, 2.75) is 26.7 Å². The summed E-state index contributed by atoms with van der Waals surface area (Å²) >= 11 is 0. The molecule has 0 amide bonds. The fourth-order valence-corrected chi connectivity index (χ4v) is 5.27. The molecule has 10 heteroatoms. The molecule has 0 fully saturated rings. The first-order valence-corrected chi connectivity index (χ1v) is 12.6. The third-order valence-electron chi connectivity index (χ3n) is 6.91. The van der Waals surface area contributed by atoms with E-state index in [0.29, 0.717) is 22.1 Å². The van der Waals surface area contributed by atoms with Crippen molar-refractivity contribution in [3.8, 4) is 45.6 Å². The molecule has 0 radical (unpaired) electrons. The van der Waals surface area contributed by atoms with Gasteiger partial charge in [0, 0.05) is 58.2 Å². The Hall–Kier alpha value is -4.86. The Bertz CT molecular complexity index is 1660. The number of carbonyl (C=O) groups is 4. The molecular weight excluding hydrogens is 532 g/mol. The molecule has 1 aliphatic carbocycles. The van der Waals surface area contributed by atoms with E-state index in [0.717, 1.165) is 0 Å². The summed E-state index contributed by atoms with van der Waals surface area (Å²) in [6, 6.07) is 4.73. The molecular formula is C31H30O10. The zero-order valence-electron chi connectivity index (χ0n) is 23.8. The second-order valence-corrected chi connectivity index (χ2v) is 9.53. The maximum absolute atomic E-state index is 13.4. The summed E-state index contributed by atoms with van der Waals surface area (Å²) in [5.74, 6) is -1.36. The highest BCUT2D eigenvalue weighted by Gasteiger charge is 2.36. The molecule has 0 aliphatic heterocycles. The molecule has 3 aromatic carbocycles. The van der Waals surface area contributed by atoms with Gasteiger partial charge in [0.2, 0.25) is 11.6 Å². The van der Waals surface area contributed by atoms with E-state index in [1.165, 1.54) is 61.5 Å². The second-order valence-electron chi connectivity index (χ2n) is 9.53. The van der Waals surface area contributed by atoms with Crippen molar-refractivity contribution in [3.63, 3.8) is 0 Å². The standard InChI is InChI=1S/C31H30O10/c1-14(32)8-16-10-18-24(20(37-3)12-22(39-5)26(18)29(35)28(16)34)25-19-11-17(9-15(2)33)31(41-7)30(36)27(19)23(40-6)13-21(25)38-4/h10-13,36H,8-9H2,1-7H3. The van der Waals surface area contributed by atoms with Gasteiger partial charge in [0.15, 0.2) is 11.5 Å². The van der Waals surface area contributed by atoms with Gasteiger partial charge in [0.25, 0.3) is 0 Å². The van der Waals surface area contributed by atoms with E-state index in [4.69, 9.17) is 23.7 Å². The fourth-order valence-electron chi connectivity index (χ4n) is 5.27. The van der Waals surface area contributed by atoms with Crippen molar-refractivity contribution in [1.29, 1.82) is 0 Å². The number of carbonyl (C=O) groups excluding carboxylic acids is 4. The van der Waals surface area contributed by atoms with Crippen LogP contribution in [0.15, 0.2) is 23.8 Å². The van der Waals surface area contributed by atoms with Gasteiger partial charge in [-0.15, -0.1) is 0 Å². The summed E-state index contributed by atoms with van der Waals surface area (Å²) in [5.41, 5.74) is 1.41. The quantitative estimate of drug-likeness (QED) is 0.352. The zero-order valence-corrected chi connectivity index (χ0v) is 23.8. The topological polar surface area (TPSA) is 135 Å². The van der Waals surface area contributed by atoms with Crippen LogP contribution in [0.3, 0.4) is 0 Å². The van der Waals surface area contributed by atoms with E-state index < -0.39 is 11.6 Å². The van der Waals surface area contributed by atoms with Crippen LogP contribution in [0.2, 0.25) is 0 Å². The molecule has 0 aromatic heterocycles. The van der Waals surface area contributed by atoms with E-state index in [1.54, 1.807) is 12.1 Å². The summed E-state index contributed by atoms with van der Waals surface area (Å²) in [7, 11) is 7.05. The van der Waals surface area contributed by atoms with Gasteiger partial charge in [-0.25, -0.2) is 0 Å². The Morgan fingerprint density at radius 3 is 1.76 bits per heavy atom. The van der Waals surface area contributed by atoms with Crippen LogP contribution in [-0.4, -0.2) is 63.8 Å². The lowest BCUT2D eigenvalue weighted by molar-refractivity contribution is -0.118. The van der Waals surface area contributed by atoms with Crippen molar-refractivity contribution in [3.05, 3.63) is 40.5 Å². The van der Waals surface area contributed by atoms with Crippen molar-refractivity contribution in [2.75, 3.05) is 35.5 Å². The highest BCUT2D eigenvalue weighted by atomic mass is 16.5. The van der Waals surface area contributed by atoms with Gasteiger partial charge in [-0.1, -0.05) is 0 Å². The number of methoxy groups -OCH3 is 5. The predicted molar refractivity (Wildman–Crippen MR) is 151 cm³/mol. The number of Topliss-reactive ketones (excluding diaryl/α,β-unsaturated/α-hetero) is 4. The van der Waals surface area contributed by atoms with Gasteiger partial charge in [-0.3, -0.25) is 19.2 Å². The predicted octanol–water partition coefficient (Wildman–Crippen LogP) is 4.51. The zero-order chi connectivity index (χ0) is 30.2. The molecule has 0 saturated heterocycles. The molecule has 41 heavy (non-hydrogen) atoms. The van der Waals surface area contributed by atoms with Crippen LogP contribution >= 0.6 is 0 Å². The number of hydrogen-bond donors (Lipinski definition) is 1. The number of phenolic OH excluding ortho intramolecular Hbond substituents is 1. The molecule has 0 unspecified atom stereocenters. The first-order chi connectivity index (χ1) is 19.5. The number of rotatable bonds is 10. The van der Waals surface area contributed by atoms with Crippen molar-refractivity contribution < 1.29 is 48.0 Å². The number of hydrogen-bond acceptors (Lipinski definition) is 10. The molecule has 4 rings (SSSR count). The molecule has 214 valence electrons. The van der Waals surface area contributed by atoms with Crippen LogP contribution in [-0.2, 0) is 20.8 Å². The van der Waals surface area contributed by atoms with E-state index >= 15 is 0 Å². The molecule has 0 spiro atoms. The lowest BCUT2D eigenvalue weighted by Crippen LogP contribution is -2.24. The van der Waals surface area contributed by atoms with E-state index in [-0.39, 0.29) is 81.0 Å². The molecule has 0 heterocycles. The minimum atomic E-state index is -0.835. The Labute approximate surface area is 236 Å². The molecule has 3 aromatic rings. The molecule has 1 N–H and O–H groups in total. The number of benzene rings is 3. The number of fused-ring (bicyclic) bond motifs is 2. The minimum absolute atomic E-state index is 0.00619. The summed E-state index contributed by atoms with van der Waals surface area (Å²) in [6.45, 7) is 2.74. The van der Waals surface area contributed by atoms with E-state index in [2.05, 4.69) is 0 Å². The monoisotopic (exact) mass is 562 g/mol. The van der Waals surface area contributed by atoms with Crippen molar-refractivity contribution in [2.24, 2.45) is 0 Å². The average Bonchev–Trinajstić information content (AvgIpc) is 2.93. The molecule has 0 bridgehead atoms. The van der Waals surface area contributed by atoms with Gasteiger partial charge in [-0.2, -0.15) is 0 Å². The third kappa shape index (κ3) is 4.86. The second kappa shape index (κ2) is 11.3. The lowest BCUT2D eigenvalue weighted by Gasteiger charge is -2.25. The molecule has 0 atom stereocenters. The lowest BCUT2D eigenvalue weighted by atomic mass is 9.81. The SMILES string of the molecule is COc1cc(OC)c(-c2c(OC)cc(OC)c3c(O)c(OC)c(CC(C)=O)cc23)c2c1C(=O)C(=O)C(CC(C)=O)=C2. The van der Waals surface area contributed by atoms with Crippen molar-refractivity contribution in [1.82, 2.24) is 0 Å². The molecule has 1 aliphatic rings. The van der Waals surface area contributed by atoms with Crippen LogP contribution in [0.4, 0.5) is 0 Å². The van der Waals surface area contributed by atoms with Crippen molar-refractivity contribution >= 4 is 40.0 Å². The normalized spacial score (nSPS) is 12.5. The van der Waals surface area contributed by atoms with Crippen LogP contribution in [0.25, 0.3) is 28.0 Å². The van der Waals surface area contributed by atoms with Crippen LogP contribution in [0.5, 0.6) is 34.5 Å². The number of aromatic hydroxyl groups is 1. The minimum Gasteiger partial charge on any atom is -0.504 e.